The van der Waals surface area contributed by atoms with Crippen LogP contribution in [0, 0.1) is 0 Å². The minimum atomic E-state index is 1.10. The van der Waals surface area contributed by atoms with E-state index in [4.69, 9.17) is 0 Å². The predicted octanol–water partition coefficient (Wildman–Crippen LogP) is 11.8. The van der Waals surface area contributed by atoms with Crippen LogP contribution in [-0.2, 0) is 0 Å². The number of hydrogen-bond donors (Lipinski definition) is 0. The van der Waals surface area contributed by atoms with Crippen molar-refractivity contribution in [3.05, 3.63) is 168 Å². The Morgan fingerprint density at radius 2 is 1.02 bits per heavy atom. The number of hydrogen-bond acceptors (Lipinski definition) is 1. The Morgan fingerprint density at radius 1 is 0.419 bits per heavy atom. The molecule has 1 aromatic heterocycles. The zero-order valence-corrected chi connectivity index (χ0v) is 24.9. The number of rotatable bonds is 5. The third-order valence-electron chi connectivity index (χ3n) is 8.20. The lowest BCUT2D eigenvalue weighted by molar-refractivity contribution is 1.18. The summed E-state index contributed by atoms with van der Waals surface area (Å²) in [7, 11) is 0. The van der Waals surface area contributed by atoms with Crippen LogP contribution in [0.5, 0.6) is 0 Å². The van der Waals surface area contributed by atoms with Crippen LogP contribution in [0.2, 0.25) is 0 Å². The average Bonchev–Trinajstić information content (AvgIpc) is 3.40. The number of fused-ring (bicyclic) bond motifs is 4. The van der Waals surface area contributed by atoms with Crippen molar-refractivity contribution in [1.82, 2.24) is 4.57 Å². The van der Waals surface area contributed by atoms with Crippen LogP contribution in [0.4, 0.5) is 17.1 Å². The van der Waals surface area contributed by atoms with E-state index in [2.05, 4.69) is 189 Å². The van der Waals surface area contributed by atoms with E-state index < -0.39 is 0 Å². The highest BCUT2D eigenvalue weighted by Crippen LogP contribution is 2.40. The molecule has 0 saturated heterocycles. The van der Waals surface area contributed by atoms with E-state index in [-0.39, 0.29) is 0 Å². The van der Waals surface area contributed by atoms with Gasteiger partial charge in [0.1, 0.15) is 0 Å². The van der Waals surface area contributed by atoms with Crippen molar-refractivity contribution in [2.75, 3.05) is 4.90 Å². The molecule has 0 atom stereocenters. The molecule has 0 N–H and O–H groups in total. The Balaban J connectivity index is 1.25. The molecule has 1 heterocycles. The third-order valence-corrected chi connectivity index (χ3v) is 8.70. The summed E-state index contributed by atoms with van der Waals surface area (Å²) in [5, 5.41) is 4.94. The first kappa shape index (κ1) is 25.6. The molecular weight excluding hydrogens is 588 g/mol. The highest BCUT2D eigenvalue weighted by molar-refractivity contribution is 9.10. The van der Waals surface area contributed by atoms with Gasteiger partial charge in [0, 0.05) is 38.0 Å². The summed E-state index contributed by atoms with van der Waals surface area (Å²) < 4.78 is 3.46. The van der Waals surface area contributed by atoms with Gasteiger partial charge < -0.3 is 9.47 Å². The summed E-state index contributed by atoms with van der Waals surface area (Å²) in [6.07, 6.45) is 0. The number of para-hydroxylation sites is 3. The molecular formula is C40H27BrN2. The number of aromatic nitrogens is 1. The van der Waals surface area contributed by atoms with Gasteiger partial charge in [-0.2, -0.15) is 0 Å². The zero-order chi connectivity index (χ0) is 28.8. The largest absolute Gasteiger partial charge is 0.310 e. The lowest BCUT2D eigenvalue weighted by Crippen LogP contribution is -2.09. The molecule has 0 fully saturated rings. The Labute approximate surface area is 259 Å². The van der Waals surface area contributed by atoms with Crippen LogP contribution in [0.25, 0.3) is 49.4 Å². The lowest BCUT2D eigenvalue weighted by Gasteiger charge is -2.26. The second kappa shape index (κ2) is 10.6. The van der Waals surface area contributed by atoms with Crippen molar-refractivity contribution in [1.29, 1.82) is 0 Å². The summed E-state index contributed by atoms with van der Waals surface area (Å²) in [5.41, 5.74) is 9.34. The van der Waals surface area contributed by atoms with Gasteiger partial charge in [0.2, 0.25) is 0 Å². The minimum Gasteiger partial charge on any atom is -0.310 e. The molecule has 0 radical (unpaired) electrons. The number of halogens is 1. The Kier molecular flexibility index (Phi) is 6.31. The Bertz CT molecular complexity index is 2230. The van der Waals surface area contributed by atoms with Crippen LogP contribution in [0.15, 0.2) is 168 Å². The van der Waals surface area contributed by atoms with Gasteiger partial charge >= 0.3 is 0 Å². The van der Waals surface area contributed by atoms with E-state index >= 15 is 0 Å². The van der Waals surface area contributed by atoms with E-state index in [1.807, 2.05) is 0 Å². The summed E-state index contributed by atoms with van der Waals surface area (Å²) in [4.78, 5) is 2.34. The second-order valence-corrected chi connectivity index (χ2v) is 11.7. The van der Waals surface area contributed by atoms with Gasteiger partial charge in [0.05, 0.1) is 11.0 Å². The van der Waals surface area contributed by atoms with Gasteiger partial charge in [-0.25, -0.2) is 0 Å². The highest BCUT2D eigenvalue weighted by atomic mass is 79.9. The lowest BCUT2D eigenvalue weighted by atomic mass is 10.0. The predicted molar refractivity (Wildman–Crippen MR) is 186 cm³/mol. The fraction of sp³-hybridized carbons (Fsp3) is 0. The molecule has 43 heavy (non-hydrogen) atoms. The quantitative estimate of drug-likeness (QED) is 0.187. The molecule has 0 unspecified atom stereocenters. The average molecular weight is 616 g/mol. The first-order valence-electron chi connectivity index (χ1n) is 14.5. The molecule has 7 aromatic carbocycles. The van der Waals surface area contributed by atoms with Crippen molar-refractivity contribution in [3.63, 3.8) is 0 Å². The van der Waals surface area contributed by atoms with Crippen molar-refractivity contribution < 1.29 is 0 Å². The molecule has 0 bridgehead atoms. The summed E-state index contributed by atoms with van der Waals surface area (Å²) >= 11 is 3.59. The molecule has 8 rings (SSSR count). The Hall–Kier alpha value is -5.12. The van der Waals surface area contributed by atoms with E-state index in [1.54, 1.807) is 0 Å². The fourth-order valence-electron chi connectivity index (χ4n) is 6.18. The normalized spacial score (nSPS) is 11.4. The monoisotopic (exact) mass is 614 g/mol. The molecule has 8 aromatic rings. The minimum absolute atomic E-state index is 1.10. The van der Waals surface area contributed by atoms with Gasteiger partial charge in [0.25, 0.3) is 0 Å². The van der Waals surface area contributed by atoms with E-state index in [1.165, 1.54) is 49.4 Å². The molecule has 0 aliphatic carbocycles. The van der Waals surface area contributed by atoms with Gasteiger partial charge in [-0.15, -0.1) is 0 Å². The molecule has 0 aliphatic heterocycles. The van der Waals surface area contributed by atoms with E-state index in [9.17, 15) is 0 Å². The van der Waals surface area contributed by atoms with Crippen LogP contribution in [-0.4, -0.2) is 4.57 Å². The van der Waals surface area contributed by atoms with Crippen molar-refractivity contribution in [3.8, 4) is 16.8 Å². The number of anilines is 3. The van der Waals surface area contributed by atoms with E-state index in [0.29, 0.717) is 0 Å². The second-order valence-electron chi connectivity index (χ2n) is 10.8. The maximum absolute atomic E-state index is 3.59. The standard InChI is InChI=1S/C40H27BrN2/c41-32-20-17-30-25-29(15-16-31(30)26-32)28-18-21-35(22-19-28)42(33-9-3-1-4-10-33)36-23-24-40-38(27-36)37-13-7-8-14-39(37)43(40)34-11-5-2-6-12-34/h1-27H. The maximum Gasteiger partial charge on any atom is 0.0542 e. The van der Waals surface area contributed by atoms with Crippen LogP contribution in [0.3, 0.4) is 0 Å². The van der Waals surface area contributed by atoms with Crippen molar-refractivity contribution in [2.45, 2.75) is 0 Å². The third kappa shape index (κ3) is 4.59. The molecule has 0 spiro atoms. The van der Waals surface area contributed by atoms with Gasteiger partial charge in [-0.1, -0.05) is 101 Å². The topological polar surface area (TPSA) is 8.17 Å². The number of benzene rings is 7. The Morgan fingerprint density at radius 3 is 1.84 bits per heavy atom. The molecule has 0 aliphatic rings. The SMILES string of the molecule is Brc1ccc2cc(-c3ccc(N(c4ccccc4)c4ccc5c(c4)c4ccccc4n5-c4ccccc4)cc3)ccc2c1. The van der Waals surface area contributed by atoms with Crippen LogP contribution in [0.1, 0.15) is 0 Å². The van der Waals surface area contributed by atoms with E-state index in [0.717, 1.165) is 21.5 Å². The first-order chi connectivity index (χ1) is 21.2. The summed E-state index contributed by atoms with van der Waals surface area (Å²) in [6.45, 7) is 0. The van der Waals surface area contributed by atoms with Crippen molar-refractivity contribution in [2.24, 2.45) is 0 Å². The molecule has 0 saturated carbocycles. The molecule has 3 heteroatoms. The first-order valence-corrected chi connectivity index (χ1v) is 15.3. The van der Waals surface area contributed by atoms with Gasteiger partial charge in [-0.05, 0) is 101 Å². The summed E-state index contributed by atoms with van der Waals surface area (Å²) in [6, 6.07) is 58.7. The maximum atomic E-state index is 3.59. The number of nitrogens with zero attached hydrogens (tertiary/aromatic N) is 2. The molecule has 204 valence electrons. The molecule has 0 amide bonds. The van der Waals surface area contributed by atoms with Gasteiger partial charge in [-0.3, -0.25) is 0 Å². The summed E-state index contributed by atoms with van der Waals surface area (Å²) in [5.74, 6) is 0. The van der Waals surface area contributed by atoms with Crippen molar-refractivity contribution >= 4 is 65.6 Å². The van der Waals surface area contributed by atoms with Crippen LogP contribution >= 0.6 is 15.9 Å². The molecule has 2 nitrogen and oxygen atoms in total. The van der Waals surface area contributed by atoms with Gasteiger partial charge in [0.15, 0.2) is 0 Å². The highest BCUT2D eigenvalue weighted by Gasteiger charge is 2.17. The fourth-order valence-corrected chi connectivity index (χ4v) is 6.56. The smallest absolute Gasteiger partial charge is 0.0542 e. The van der Waals surface area contributed by atoms with Crippen LogP contribution < -0.4 is 4.90 Å². The zero-order valence-electron chi connectivity index (χ0n) is 23.4.